The highest BCUT2D eigenvalue weighted by Gasteiger charge is 2.13. The molecule has 0 amide bonds. The topological polar surface area (TPSA) is 70.0 Å². The van der Waals surface area contributed by atoms with Crippen LogP contribution in [0.5, 0.6) is 0 Å². The average molecular weight is 236 g/mol. The van der Waals surface area contributed by atoms with E-state index in [1.165, 1.54) is 11.8 Å². The fourth-order valence-corrected chi connectivity index (χ4v) is 2.17. The number of hydrogen-bond acceptors (Lipinski definition) is 4. The van der Waals surface area contributed by atoms with Gasteiger partial charge in [-0.05, 0) is 24.6 Å². The molecule has 0 aliphatic rings. The molecule has 16 heavy (non-hydrogen) atoms. The van der Waals surface area contributed by atoms with Crippen LogP contribution in [0.3, 0.4) is 0 Å². The first-order chi connectivity index (χ1) is 7.58. The van der Waals surface area contributed by atoms with Crippen LogP contribution in [-0.4, -0.2) is 16.5 Å². The van der Waals surface area contributed by atoms with Crippen molar-refractivity contribution in [3.8, 4) is 6.07 Å². The standard InChI is InChI=1S/C12H16N2OS/c1-8(15)9(2)16-12-4-3-10(6-13)5-11(12)7-14/h3-5,8-9,15H,6,13H2,1-2H3. The lowest BCUT2D eigenvalue weighted by Gasteiger charge is -2.15. The molecule has 0 heterocycles. The summed E-state index contributed by atoms with van der Waals surface area (Å²) in [5.41, 5.74) is 7.09. The van der Waals surface area contributed by atoms with E-state index in [9.17, 15) is 5.11 Å². The Morgan fingerprint density at radius 1 is 1.50 bits per heavy atom. The summed E-state index contributed by atoms with van der Waals surface area (Å²) in [6, 6.07) is 7.77. The summed E-state index contributed by atoms with van der Waals surface area (Å²) < 4.78 is 0. The first-order valence-electron chi connectivity index (χ1n) is 5.16. The SMILES string of the molecule is CC(O)C(C)Sc1ccc(CN)cc1C#N. The van der Waals surface area contributed by atoms with Crippen molar-refractivity contribution in [1.82, 2.24) is 0 Å². The molecule has 0 aliphatic carbocycles. The van der Waals surface area contributed by atoms with Gasteiger partial charge < -0.3 is 10.8 Å². The molecule has 0 radical (unpaired) electrons. The van der Waals surface area contributed by atoms with Crippen LogP contribution in [-0.2, 0) is 6.54 Å². The third kappa shape index (κ3) is 3.24. The molecule has 0 saturated carbocycles. The van der Waals surface area contributed by atoms with Gasteiger partial charge in [0.2, 0.25) is 0 Å². The Bertz CT molecular complexity index is 398. The summed E-state index contributed by atoms with van der Waals surface area (Å²) in [6.45, 7) is 4.12. The van der Waals surface area contributed by atoms with Crippen molar-refractivity contribution in [3.63, 3.8) is 0 Å². The number of nitriles is 1. The number of benzene rings is 1. The number of nitrogens with two attached hydrogens (primary N) is 1. The predicted molar refractivity (Wildman–Crippen MR) is 66.0 cm³/mol. The highest BCUT2D eigenvalue weighted by Crippen LogP contribution is 2.28. The second-order valence-electron chi connectivity index (χ2n) is 3.71. The molecule has 0 saturated heterocycles. The molecule has 1 aromatic rings. The van der Waals surface area contributed by atoms with E-state index in [0.29, 0.717) is 12.1 Å². The maximum Gasteiger partial charge on any atom is 0.100 e. The number of aliphatic hydroxyl groups excluding tert-OH is 1. The minimum Gasteiger partial charge on any atom is -0.392 e. The number of thioether (sulfide) groups is 1. The summed E-state index contributed by atoms with van der Waals surface area (Å²) in [5, 5.41) is 18.5. The quantitative estimate of drug-likeness (QED) is 0.783. The van der Waals surface area contributed by atoms with Gasteiger partial charge in [-0.2, -0.15) is 5.26 Å². The van der Waals surface area contributed by atoms with Crippen LogP contribution in [0.25, 0.3) is 0 Å². The Morgan fingerprint density at radius 2 is 2.19 bits per heavy atom. The summed E-state index contributed by atoms with van der Waals surface area (Å²) in [7, 11) is 0. The Morgan fingerprint density at radius 3 is 2.69 bits per heavy atom. The van der Waals surface area contributed by atoms with Crippen LogP contribution in [0.1, 0.15) is 25.0 Å². The lowest BCUT2D eigenvalue weighted by Crippen LogP contribution is -2.15. The van der Waals surface area contributed by atoms with Crippen molar-refractivity contribution in [2.24, 2.45) is 5.73 Å². The van der Waals surface area contributed by atoms with Crippen molar-refractivity contribution < 1.29 is 5.11 Å². The van der Waals surface area contributed by atoms with Crippen molar-refractivity contribution in [3.05, 3.63) is 29.3 Å². The summed E-state index contributed by atoms with van der Waals surface area (Å²) in [6.07, 6.45) is -0.397. The third-order valence-corrected chi connectivity index (χ3v) is 3.77. The molecule has 0 spiro atoms. The fourth-order valence-electron chi connectivity index (χ4n) is 1.19. The molecule has 3 N–H and O–H groups in total. The van der Waals surface area contributed by atoms with E-state index in [2.05, 4.69) is 6.07 Å². The number of hydrogen-bond donors (Lipinski definition) is 2. The zero-order valence-corrected chi connectivity index (χ0v) is 10.3. The normalized spacial score (nSPS) is 14.2. The molecule has 0 fully saturated rings. The van der Waals surface area contributed by atoms with Crippen molar-refractivity contribution in [2.75, 3.05) is 0 Å². The minimum absolute atomic E-state index is 0.0656. The monoisotopic (exact) mass is 236 g/mol. The molecule has 2 atom stereocenters. The molecule has 1 rings (SSSR count). The van der Waals surface area contributed by atoms with E-state index in [4.69, 9.17) is 11.0 Å². The third-order valence-electron chi connectivity index (χ3n) is 2.39. The maximum atomic E-state index is 9.42. The highest BCUT2D eigenvalue weighted by molar-refractivity contribution is 8.00. The second kappa shape index (κ2) is 5.90. The van der Waals surface area contributed by atoms with Crippen LogP contribution >= 0.6 is 11.8 Å². The minimum atomic E-state index is -0.397. The van der Waals surface area contributed by atoms with E-state index in [1.807, 2.05) is 19.1 Å². The van der Waals surface area contributed by atoms with Gasteiger partial charge in [-0.3, -0.25) is 0 Å². The second-order valence-corrected chi connectivity index (χ2v) is 5.13. The van der Waals surface area contributed by atoms with E-state index in [0.717, 1.165) is 10.5 Å². The Hall–Kier alpha value is -1.02. The van der Waals surface area contributed by atoms with E-state index < -0.39 is 6.10 Å². The van der Waals surface area contributed by atoms with Gasteiger partial charge >= 0.3 is 0 Å². The highest BCUT2D eigenvalue weighted by atomic mass is 32.2. The Kier molecular flexibility index (Phi) is 4.81. The molecule has 2 unspecified atom stereocenters. The van der Waals surface area contributed by atoms with Crippen LogP contribution in [0.4, 0.5) is 0 Å². The van der Waals surface area contributed by atoms with Crippen molar-refractivity contribution >= 4 is 11.8 Å². The number of aliphatic hydroxyl groups is 1. The fraction of sp³-hybridized carbons (Fsp3) is 0.417. The number of nitrogens with zero attached hydrogens (tertiary/aromatic N) is 1. The molecule has 86 valence electrons. The molecule has 1 aromatic carbocycles. The number of rotatable bonds is 4. The van der Waals surface area contributed by atoms with Gasteiger partial charge in [-0.15, -0.1) is 11.8 Å². The maximum absolute atomic E-state index is 9.42. The van der Waals surface area contributed by atoms with Gasteiger partial charge in [0.15, 0.2) is 0 Å². The van der Waals surface area contributed by atoms with Crippen LogP contribution in [0, 0.1) is 11.3 Å². The molecule has 3 nitrogen and oxygen atoms in total. The Labute approximate surface area is 100 Å². The summed E-state index contributed by atoms with van der Waals surface area (Å²) in [4.78, 5) is 0.896. The largest absolute Gasteiger partial charge is 0.392 e. The van der Waals surface area contributed by atoms with Crippen LogP contribution in [0.15, 0.2) is 23.1 Å². The molecule has 0 bridgehead atoms. The first kappa shape index (κ1) is 13.0. The van der Waals surface area contributed by atoms with Gasteiger partial charge in [0, 0.05) is 16.7 Å². The van der Waals surface area contributed by atoms with Gasteiger partial charge in [0.1, 0.15) is 6.07 Å². The first-order valence-corrected chi connectivity index (χ1v) is 6.04. The van der Waals surface area contributed by atoms with Gasteiger partial charge in [-0.1, -0.05) is 13.0 Å². The van der Waals surface area contributed by atoms with Gasteiger partial charge in [-0.25, -0.2) is 0 Å². The predicted octanol–water partition coefficient (Wildman–Crippen LogP) is 1.88. The van der Waals surface area contributed by atoms with E-state index in [-0.39, 0.29) is 5.25 Å². The molecule has 0 aromatic heterocycles. The van der Waals surface area contributed by atoms with Crippen molar-refractivity contribution in [1.29, 1.82) is 5.26 Å². The van der Waals surface area contributed by atoms with Crippen molar-refractivity contribution in [2.45, 2.75) is 36.6 Å². The molecular weight excluding hydrogens is 220 g/mol. The molecule has 0 aliphatic heterocycles. The summed E-state index contributed by atoms with van der Waals surface area (Å²) >= 11 is 1.51. The Balaban J connectivity index is 2.93. The summed E-state index contributed by atoms with van der Waals surface area (Å²) in [5.74, 6) is 0. The molecule has 4 heteroatoms. The van der Waals surface area contributed by atoms with Gasteiger partial charge in [0.05, 0.1) is 11.7 Å². The van der Waals surface area contributed by atoms with Crippen LogP contribution in [0.2, 0.25) is 0 Å². The lowest BCUT2D eigenvalue weighted by atomic mass is 10.1. The lowest BCUT2D eigenvalue weighted by molar-refractivity contribution is 0.196. The van der Waals surface area contributed by atoms with Gasteiger partial charge in [0.25, 0.3) is 0 Å². The van der Waals surface area contributed by atoms with E-state index in [1.54, 1.807) is 13.0 Å². The smallest absolute Gasteiger partial charge is 0.100 e. The average Bonchev–Trinajstić information content (AvgIpc) is 2.29. The van der Waals surface area contributed by atoms with Crippen LogP contribution < -0.4 is 5.73 Å². The van der Waals surface area contributed by atoms with E-state index >= 15 is 0 Å². The zero-order chi connectivity index (χ0) is 12.1. The zero-order valence-electron chi connectivity index (χ0n) is 9.47. The molecular formula is C12H16N2OS.